The number of hydrogen-bond acceptors (Lipinski definition) is 7. The predicted octanol–water partition coefficient (Wildman–Crippen LogP) is 6.28. The number of rotatable bonds is 6. The normalized spacial score (nSPS) is 13.4. The zero-order chi connectivity index (χ0) is 26.1. The molecule has 188 valence electrons. The maximum absolute atomic E-state index is 13.2. The van der Waals surface area contributed by atoms with Gasteiger partial charge in [0.2, 0.25) is 0 Å². The smallest absolute Gasteiger partial charge is 0.283 e. The summed E-state index contributed by atoms with van der Waals surface area (Å²) < 4.78 is 6.52. The van der Waals surface area contributed by atoms with E-state index in [4.69, 9.17) is 21.4 Å². The van der Waals surface area contributed by atoms with Crippen molar-refractivity contribution in [1.29, 1.82) is 0 Å². The van der Waals surface area contributed by atoms with Gasteiger partial charge in [0.25, 0.3) is 5.56 Å². The van der Waals surface area contributed by atoms with Crippen molar-refractivity contribution in [2.45, 2.75) is 6.42 Å². The zero-order valence-electron chi connectivity index (χ0n) is 20.4. The summed E-state index contributed by atoms with van der Waals surface area (Å²) >= 11 is 7.46. The summed E-state index contributed by atoms with van der Waals surface area (Å²) in [5.41, 5.74) is 5.53. The minimum absolute atomic E-state index is 0.216. The third-order valence-electron chi connectivity index (χ3n) is 6.38. The molecule has 3 aromatic carbocycles. The van der Waals surface area contributed by atoms with Crippen LogP contribution in [0.15, 0.2) is 99.5 Å². The van der Waals surface area contributed by atoms with Crippen LogP contribution in [-0.4, -0.2) is 35.2 Å². The number of benzene rings is 3. The van der Waals surface area contributed by atoms with Crippen LogP contribution in [0.1, 0.15) is 17.5 Å². The standard InChI is InChI=1S/C29H22ClN5O2S/c1-37-24-12-6-21(7-13-24)26-14-15-34(33-26)23-10-2-19(3-11-23)16-32-35-18-31-28-27(29(35)36)25(17-38-28)20-4-8-22(30)9-5-20/h2-13,16-18H,14-15H2,1H3. The quantitative estimate of drug-likeness (QED) is 0.238. The maximum atomic E-state index is 13.2. The lowest BCUT2D eigenvalue weighted by Crippen LogP contribution is -2.16. The molecule has 9 heteroatoms. The minimum atomic E-state index is -0.216. The van der Waals surface area contributed by atoms with Gasteiger partial charge in [-0.05, 0) is 65.2 Å². The largest absolute Gasteiger partial charge is 0.497 e. The minimum Gasteiger partial charge on any atom is -0.497 e. The Morgan fingerprint density at radius 3 is 2.47 bits per heavy atom. The molecule has 0 fully saturated rings. The van der Waals surface area contributed by atoms with E-state index in [1.165, 1.54) is 22.3 Å². The van der Waals surface area contributed by atoms with Crippen LogP contribution < -0.4 is 15.3 Å². The van der Waals surface area contributed by atoms with Crippen LogP contribution in [0.2, 0.25) is 5.02 Å². The van der Waals surface area contributed by atoms with Crippen LogP contribution in [0.5, 0.6) is 5.75 Å². The number of halogens is 1. The van der Waals surface area contributed by atoms with Gasteiger partial charge >= 0.3 is 0 Å². The first-order valence-corrected chi connectivity index (χ1v) is 13.2. The van der Waals surface area contributed by atoms with E-state index in [2.05, 4.69) is 10.1 Å². The van der Waals surface area contributed by atoms with E-state index in [0.29, 0.717) is 15.2 Å². The fourth-order valence-electron chi connectivity index (χ4n) is 4.34. The Morgan fingerprint density at radius 2 is 1.74 bits per heavy atom. The van der Waals surface area contributed by atoms with Crippen molar-refractivity contribution < 1.29 is 4.74 Å². The monoisotopic (exact) mass is 539 g/mol. The highest BCUT2D eigenvalue weighted by molar-refractivity contribution is 7.17. The van der Waals surface area contributed by atoms with E-state index in [-0.39, 0.29) is 5.56 Å². The van der Waals surface area contributed by atoms with E-state index in [0.717, 1.165) is 52.4 Å². The molecule has 0 unspecified atom stereocenters. The molecule has 0 radical (unpaired) electrons. The van der Waals surface area contributed by atoms with E-state index in [1.807, 2.05) is 83.2 Å². The average molecular weight is 540 g/mol. The molecule has 1 aliphatic heterocycles. The number of hydrogen-bond donors (Lipinski definition) is 0. The van der Waals surface area contributed by atoms with Gasteiger partial charge in [-0.2, -0.15) is 14.9 Å². The van der Waals surface area contributed by atoms with Gasteiger partial charge in [-0.25, -0.2) is 4.98 Å². The van der Waals surface area contributed by atoms with Gasteiger partial charge in [0, 0.05) is 28.9 Å². The summed E-state index contributed by atoms with van der Waals surface area (Å²) in [6.07, 6.45) is 3.98. The molecule has 2 aromatic heterocycles. The van der Waals surface area contributed by atoms with Crippen LogP contribution in [0.3, 0.4) is 0 Å². The molecule has 0 bridgehead atoms. The van der Waals surface area contributed by atoms with E-state index < -0.39 is 0 Å². The van der Waals surface area contributed by atoms with Gasteiger partial charge < -0.3 is 4.74 Å². The van der Waals surface area contributed by atoms with Crippen molar-refractivity contribution in [1.82, 2.24) is 9.66 Å². The third-order valence-corrected chi connectivity index (χ3v) is 7.52. The number of nitrogens with zero attached hydrogens (tertiary/aromatic N) is 5. The molecule has 0 N–H and O–H groups in total. The first-order valence-electron chi connectivity index (χ1n) is 12.0. The van der Waals surface area contributed by atoms with Gasteiger partial charge in [-0.15, -0.1) is 11.3 Å². The molecule has 0 saturated heterocycles. The lowest BCUT2D eigenvalue weighted by atomic mass is 10.1. The molecule has 1 aliphatic rings. The number of aromatic nitrogens is 2. The first-order chi connectivity index (χ1) is 18.6. The second-order valence-corrected chi connectivity index (χ2v) is 10.0. The molecule has 0 amide bonds. The van der Waals surface area contributed by atoms with Crippen LogP contribution in [0.25, 0.3) is 21.3 Å². The summed E-state index contributed by atoms with van der Waals surface area (Å²) in [5, 5.41) is 14.3. The van der Waals surface area contributed by atoms with Crippen LogP contribution >= 0.6 is 22.9 Å². The fraction of sp³-hybridized carbons (Fsp3) is 0.103. The second kappa shape index (κ2) is 10.2. The Bertz CT molecular complexity index is 1720. The summed E-state index contributed by atoms with van der Waals surface area (Å²) in [6.45, 7) is 0.812. The van der Waals surface area contributed by atoms with Crippen molar-refractivity contribution in [3.05, 3.63) is 111 Å². The van der Waals surface area contributed by atoms with Crippen molar-refractivity contribution >= 4 is 50.8 Å². The van der Waals surface area contributed by atoms with Crippen molar-refractivity contribution in [2.24, 2.45) is 10.2 Å². The molecule has 5 aromatic rings. The van der Waals surface area contributed by atoms with Gasteiger partial charge in [-0.1, -0.05) is 35.9 Å². The highest BCUT2D eigenvalue weighted by Gasteiger charge is 2.17. The lowest BCUT2D eigenvalue weighted by Gasteiger charge is -2.13. The summed E-state index contributed by atoms with van der Waals surface area (Å²) in [6, 6.07) is 23.3. The van der Waals surface area contributed by atoms with Crippen LogP contribution in [0.4, 0.5) is 5.69 Å². The van der Waals surface area contributed by atoms with Crippen LogP contribution in [0, 0.1) is 0 Å². The molecule has 0 saturated carbocycles. The summed E-state index contributed by atoms with van der Waals surface area (Å²) in [4.78, 5) is 18.4. The molecule has 3 heterocycles. The fourth-order valence-corrected chi connectivity index (χ4v) is 5.37. The van der Waals surface area contributed by atoms with E-state index >= 15 is 0 Å². The van der Waals surface area contributed by atoms with Gasteiger partial charge in [0.05, 0.1) is 30.1 Å². The number of hydrazone groups is 1. The molecule has 6 rings (SSSR count). The zero-order valence-corrected chi connectivity index (χ0v) is 22.0. The number of thiophene rings is 1. The number of fused-ring (bicyclic) bond motifs is 1. The predicted molar refractivity (Wildman–Crippen MR) is 155 cm³/mol. The Morgan fingerprint density at radius 1 is 1.00 bits per heavy atom. The van der Waals surface area contributed by atoms with E-state index in [1.54, 1.807) is 13.3 Å². The van der Waals surface area contributed by atoms with Gasteiger partial charge in [0.1, 0.15) is 16.9 Å². The average Bonchev–Trinajstić information content (AvgIpc) is 3.62. The summed E-state index contributed by atoms with van der Waals surface area (Å²) in [5.74, 6) is 0.830. The highest BCUT2D eigenvalue weighted by Crippen LogP contribution is 2.31. The molecule has 0 aliphatic carbocycles. The van der Waals surface area contributed by atoms with Gasteiger partial charge in [0.15, 0.2) is 0 Å². The van der Waals surface area contributed by atoms with Crippen LogP contribution in [-0.2, 0) is 0 Å². The molecule has 0 spiro atoms. The van der Waals surface area contributed by atoms with Crippen molar-refractivity contribution in [3.8, 4) is 16.9 Å². The molecular formula is C29H22ClN5O2S. The van der Waals surface area contributed by atoms with Crippen molar-refractivity contribution in [2.75, 3.05) is 18.7 Å². The second-order valence-electron chi connectivity index (χ2n) is 8.72. The maximum Gasteiger partial charge on any atom is 0.283 e. The van der Waals surface area contributed by atoms with Crippen molar-refractivity contribution in [3.63, 3.8) is 0 Å². The van der Waals surface area contributed by atoms with E-state index in [9.17, 15) is 4.79 Å². The molecule has 0 atom stereocenters. The number of ether oxygens (including phenoxy) is 1. The SMILES string of the molecule is COc1ccc(C2=NN(c3ccc(C=Nn4cnc5scc(-c6ccc(Cl)cc6)c5c4=O)cc3)CC2)cc1. The molecule has 7 nitrogen and oxygen atoms in total. The Kier molecular flexibility index (Phi) is 6.49. The Labute approximate surface area is 227 Å². The highest BCUT2D eigenvalue weighted by atomic mass is 35.5. The topological polar surface area (TPSA) is 72.1 Å². The number of methoxy groups -OCH3 is 1. The molecular weight excluding hydrogens is 518 g/mol. The van der Waals surface area contributed by atoms with Gasteiger partial charge in [-0.3, -0.25) is 9.80 Å². The number of anilines is 1. The first kappa shape index (κ1) is 24.1. The Hall–Kier alpha value is -4.27. The summed E-state index contributed by atoms with van der Waals surface area (Å²) in [7, 11) is 1.66. The molecule has 38 heavy (non-hydrogen) atoms. The Balaban J connectivity index is 1.21. The third kappa shape index (κ3) is 4.71. The lowest BCUT2D eigenvalue weighted by molar-refractivity contribution is 0.415.